The number of benzene rings is 1. The van der Waals surface area contributed by atoms with E-state index in [1.54, 1.807) is 30.3 Å². The highest BCUT2D eigenvalue weighted by Crippen LogP contribution is 2.12. The van der Waals surface area contributed by atoms with Crippen molar-refractivity contribution in [2.24, 2.45) is 0 Å². The fourth-order valence-electron chi connectivity index (χ4n) is 1.25. The van der Waals surface area contributed by atoms with Crippen molar-refractivity contribution in [3.8, 4) is 0 Å². The van der Waals surface area contributed by atoms with Crippen LogP contribution in [-0.2, 0) is 9.59 Å². The number of amides is 1. The number of carboxylic acids is 1. The average molecular weight is 286 g/mol. The zero-order valence-electron chi connectivity index (χ0n) is 8.52. The average Bonchev–Trinajstić information content (AvgIpc) is 2.27. The fraction of sp³-hybridized carbons (Fsp3) is 0.273. The molecule has 0 fully saturated rings. The first-order valence-corrected chi connectivity index (χ1v) is 5.90. The Hall–Kier alpha value is -1.36. The lowest BCUT2D eigenvalue weighted by atomic mass is 10.1. The SMILES string of the molecule is O=C(CCBr)NC(C(=O)O)c1ccccc1. The molecule has 1 aromatic carbocycles. The van der Waals surface area contributed by atoms with Crippen molar-refractivity contribution in [1.29, 1.82) is 0 Å². The Bertz CT molecular complexity index is 367. The van der Waals surface area contributed by atoms with Crippen molar-refractivity contribution in [2.45, 2.75) is 12.5 Å². The molecule has 2 N–H and O–H groups in total. The van der Waals surface area contributed by atoms with Crippen LogP contribution in [0.4, 0.5) is 0 Å². The summed E-state index contributed by atoms with van der Waals surface area (Å²) >= 11 is 3.12. The van der Waals surface area contributed by atoms with E-state index in [0.717, 1.165) is 0 Å². The van der Waals surface area contributed by atoms with E-state index in [9.17, 15) is 9.59 Å². The highest BCUT2D eigenvalue weighted by atomic mass is 79.9. The van der Waals surface area contributed by atoms with E-state index in [1.165, 1.54) is 0 Å². The largest absolute Gasteiger partial charge is 0.479 e. The quantitative estimate of drug-likeness (QED) is 0.810. The van der Waals surface area contributed by atoms with Gasteiger partial charge in [0.15, 0.2) is 6.04 Å². The fourth-order valence-corrected chi connectivity index (χ4v) is 1.61. The van der Waals surface area contributed by atoms with Crippen LogP contribution in [0.2, 0.25) is 0 Å². The van der Waals surface area contributed by atoms with Gasteiger partial charge in [-0.2, -0.15) is 0 Å². The summed E-state index contributed by atoms with van der Waals surface area (Å²) in [6, 6.07) is 7.64. The minimum atomic E-state index is -1.06. The van der Waals surface area contributed by atoms with Gasteiger partial charge in [0, 0.05) is 11.8 Å². The van der Waals surface area contributed by atoms with E-state index in [-0.39, 0.29) is 12.3 Å². The second-order valence-corrected chi connectivity index (χ2v) is 3.98. The van der Waals surface area contributed by atoms with Crippen LogP contribution in [-0.4, -0.2) is 22.3 Å². The zero-order chi connectivity index (χ0) is 12.0. The second-order valence-electron chi connectivity index (χ2n) is 3.19. The van der Waals surface area contributed by atoms with Crippen molar-refractivity contribution in [3.05, 3.63) is 35.9 Å². The summed E-state index contributed by atoms with van der Waals surface area (Å²) in [5.41, 5.74) is 0.568. The van der Waals surface area contributed by atoms with Crippen LogP contribution in [0.1, 0.15) is 18.0 Å². The number of aliphatic carboxylic acids is 1. The van der Waals surface area contributed by atoms with Crippen molar-refractivity contribution in [3.63, 3.8) is 0 Å². The van der Waals surface area contributed by atoms with Gasteiger partial charge in [0.05, 0.1) is 0 Å². The van der Waals surface area contributed by atoms with Crippen molar-refractivity contribution in [1.82, 2.24) is 5.32 Å². The van der Waals surface area contributed by atoms with Gasteiger partial charge in [-0.15, -0.1) is 0 Å². The van der Waals surface area contributed by atoms with Gasteiger partial charge in [0.2, 0.25) is 5.91 Å². The Morgan fingerprint density at radius 1 is 1.31 bits per heavy atom. The number of carboxylic acid groups (broad SMARTS) is 1. The van der Waals surface area contributed by atoms with Gasteiger partial charge in [-0.25, -0.2) is 4.79 Å². The van der Waals surface area contributed by atoms with Crippen LogP contribution in [0.3, 0.4) is 0 Å². The van der Waals surface area contributed by atoms with Gasteiger partial charge in [0.1, 0.15) is 0 Å². The summed E-state index contributed by atoms with van der Waals surface area (Å²) in [5.74, 6) is -1.35. The van der Waals surface area contributed by atoms with Crippen molar-refractivity contribution in [2.75, 3.05) is 5.33 Å². The van der Waals surface area contributed by atoms with Crippen molar-refractivity contribution >= 4 is 27.8 Å². The minimum absolute atomic E-state index is 0.261. The maximum absolute atomic E-state index is 11.3. The lowest BCUT2D eigenvalue weighted by molar-refractivity contribution is -0.142. The molecule has 4 nitrogen and oxygen atoms in total. The molecule has 1 atom stereocenters. The van der Waals surface area contributed by atoms with Crippen LogP contribution in [0.15, 0.2) is 30.3 Å². The molecule has 0 bridgehead atoms. The molecule has 5 heteroatoms. The molecule has 0 aliphatic heterocycles. The van der Waals surface area contributed by atoms with Crippen molar-refractivity contribution < 1.29 is 14.7 Å². The summed E-state index contributed by atoms with van der Waals surface area (Å²) in [4.78, 5) is 22.3. The van der Waals surface area contributed by atoms with Crippen LogP contribution < -0.4 is 5.32 Å². The maximum Gasteiger partial charge on any atom is 0.330 e. The van der Waals surface area contributed by atoms with Crippen LogP contribution in [0, 0.1) is 0 Å². The van der Waals surface area contributed by atoms with Gasteiger partial charge >= 0.3 is 5.97 Å². The first kappa shape index (κ1) is 12.7. The smallest absolute Gasteiger partial charge is 0.330 e. The molecule has 0 heterocycles. The molecule has 0 aliphatic rings. The van der Waals surface area contributed by atoms with Crippen LogP contribution >= 0.6 is 15.9 Å². The topological polar surface area (TPSA) is 66.4 Å². The van der Waals surface area contributed by atoms with E-state index in [1.807, 2.05) is 0 Å². The first-order chi connectivity index (χ1) is 7.65. The monoisotopic (exact) mass is 285 g/mol. The summed E-state index contributed by atoms with van der Waals surface area (Å²) in [6.07, 6.45) is 0.261. The normalized spacial score (nSPS) is 11.8. The van der Waals surface area contributed by atoms with Gasteiger partial charge in [-0.1, -0.05) is 46.3 Å². The molecule has 1 aromatic rings. The third-order valence-corrected chi connectivity index (χ3v) is 2.40. The number of halogens is 1. The lowest BCUT2D eigenvalue weighted by Gasteiger charge is -2.14. The molecule has 0 saturated heterocycles. The number of nitrogens with one attached hydrogen (secondary N) is 1. The number of alkyl halides is 1. The first-order valence-electron chi connectivity index (χ1n) is 4.78. The van der Waals surface area contributed by atoms with Gasteiger partial charge in [0.25, 0.3) is 0 Å². The summed E-state index contributed by atoms with van der Waals surface area (Å²) in [5, 5.41) is 12.0. The van der Waals surface area contributed by atoms with E-state index in [2.05, 4.69) is 21.2 Å². The number of carbonyl (C=O) groups excluding carboxylic acids is 1. The van der Waals surface area contributed by atoms with E-state index in [4.69, 9.17) is 5.11 Å². The highest BCUT2D eigenvalue weighted by Gasteiger charge is 2.21. The molecule has 86 valence electrons. The Morgan fingerprint density at radius 2 is 1.94 bits per heavy atom. The number of carbonyl (C=O) groups is 2. The molecular weight excluding hydrogens is 274 g/mol. The zero-order valence-corrected chi connectivity index (χ0v) is 10.1. The molecule has 16 heavy (non-hydrogen) atoms. The van der Waals surface area contributed by atoms with E-state index in [0.29, 0.717) is 10.9 Å². The minimum Gasteiger partial charge on any atom is -0.479 e. The molecule has 0 saturated carbocycles. The van der Waals surface area contributed by atoms with Crippen LogP contribution in [0.5, 0.6) is 0 Å². The molecular formula is C11H12BrNO3. The Morgan fingerprint density at radius 3 is 2.44 bits per heavy atom. The van der Waals surface area contributed by atoms with Gasteiger partial charge in [-0.3, -0.25) is 4.79 Å². The standard InChI is InChI=1S/C11H12BrNO3/c12-7-6-9(14)13-10(11(15)16)8-4-2-1-3-5-8/h1-5,10H,6-7H2,(H,13,14)(H,15,16). The Kier molecular flexibility index (Phi) is 4.98. The molecule has 0 radical (unpaired) electrons. The lowest BCUT2D eigenvalue weighted by Crippen LogP contribution is -2.33. The summed E-state index contributed by atoms with van der Waals surface area (Å²) in [7, 11) is 0. The molecule has 1 unspecified atom stereocenters. The Labute approximate surface area is 102 Å². The second kappa shape index (κ2) is 6.27. The molecule has 1 rings (SSSR count). The molecule has 0 spiro atoms. The van der Waals surface area contributed by atoms with Crippen LogP contribution in [0.25, 0.3) is 0 Å². The predicted molar refractivity (Wildman–Crippen MR) is 63.4 cm³/mol. The van der Waals surface area contributed by atoms with Gasteiger partial charge in [-0.05, 0) is 5.56 Å². The summed E-state index contributed by atoms with van der Waals surface area (Å²) in [6.45, 7) is 0. The highest BCUT2D eigenvalue weighted by molar-refractivity contribution is 9.09. The predicted octanol–water partition coefficient (Wildman–Crippen LogP) is 1.71. The molecule has 0 aliphatic carbocycles. The van der Waals surface area contributed by atoms with Gasteiger partial charge < -0.3 is 10.4 Å². The maximum atomic E-state index is 11.3. The summed E-state index contributed by atoms with van der Waals surface area (Å²) < 4.78 is 0. The third-order valence-electron chi connectivity index (χ3n) is 2.01. The number of hydrogen-bond donors (Lipinski definition) is 2. The molecule has 1 amide bonds. The van der Waals surface area contributed by atoms with E-state index < -0.39 is 12.0 Å². The number of hydrogen-bond acceptors (Lipinski definition) is 2. The number of rotatable bonds is 5. The Balaban J connectivity index is 2.77. The molecule has 0 aromatic heterocycles. The third kappa shape index (κ3) is 3.66. The van der Waals surface area contributed by atoms with E-state index >= 15 is 0 Å².